The Labute approximate surface area is 132 Å². The molecule has 0 saturated carbocycles. The van der Waals surface area contributed by atoms with E-state index in [-0.39, 0.29) is 17.8 Å². The third-order valence-electron chi connectivity index (χ3n) is 3.81. The Morgan fingerprint density at radius 2 is 2.30 bits per heavy atom. The van der Waals surface area contributed by atoms with Crippen molar-refractivity contribution in [3.8, 4) is 0 Å². The quantitative estimate of drug-likeness (QED) is 0.832. The minimum atomic E-state index is -0.537. The van der Waals surface area contributed by atoms with Gasteiger partial charge in [0.1, 0.15) is 0 Å². The first-order chi connectivity index (χ1) is 9.45. The number of halogens is 2. The van der Waals surface area contributed by atoms with Crippen LogP contribution in [0.5, 0.6) is 0 Å². The Morgan fingerprint density at radius 1 is 1.60 bits per heavy atom. The maximum Gasteiger partial charge on any atom is 0.306 e. The Balaban J connectivity index is 2.32. The summed E-state index contributed by atoms with van der Waals surface area (Å²) in [6.07, 6.45) is 0.466. The van der Waals surface area contributed by atoms with Crippen molar-refractivity contribution in [1.82, 2.24) is 0 Å². The fraction of sp³-hybridized carbons (Fsp3) is 0.533. The van der Waals surface area contributed by atoms with Crippen LogP contribution < -0.4 is 0 Å². The lowest BCUT2D eigenvalue weighted by Gasteiger charge is -2.23. The van der Waals surface area contributed by atoms with Gasteiger partial charge < -0.3 is 9.84 Å². The lowest BCUT2D eigenvalue weighted by atomic mass is 9.86. The molecule has 3 atom stereocenters. The van der Waals surface area contributed by atoms with Crippen LogP contribution in [0.2, 0.25) is 5.02 Å². The zero-order valence-corrected chi connectivity index (χ0v) is 13.9. The van der Waals surface area contributed by atoms with Crippen molar-refractivity contribution in [3.05, 3.63) is 32.8 Å². The van der Waals surface area contributed by atoms with E-state index in [1.807, 2.05) is 12.1 Å². The molecule has 0 spiro atoms. The van der Waals surface area contributed by atoms with E-state index in [4.69, 9.17) is 16.3 Å². The molecule has 0 fully saturated rings. The average molecular weight is 362 g/mol. The van der Waals surface area contributed by atoms with Gasteiger partial charge >= 0.3 is 5.97 Å². The van der Waals surface area contributed by atoms with Crippen LogP contribution in [-0.2, 0) is 16.0 Å². The molecule has 0 heterocycles. The summed E-state index contributed by atoms with van der Waals surface area (Å²) in [6, 6.07) is 3.74. The highest BCUT2D eigenvalue weighted by Gasteiger charge is 2.39. The van der Waals surface area contributed by atoms with Gasteiger partial charge in [0.25, 0.3) is 0 Å². The van der Waals surface area contributed by atoms with E-state index in [1.54, 1.807) is 13.8 Å². The summed E-state index contributed by atoms with van der Waals surface area (Å²) >= 11 is 9.78. The fourth-order valence-electron chi connectivity index (χ4n) is 3.07. The van der Waals surface area contributed by atoms with E-state index in [0.29, 0.717) is 24.5 Å². The standard InChI is InChI=1S/C15H18BrClO3/c1-3-20-13(19)7-9-6-10-12(17)5-4-11(16)15(10)14(9)8(2)18/h4-5,8-9,14,18H,3,6-7H2,1-2H3. The highest BCUT2D eigenvalue weighted by atomic mass is 79.9. The summed E-state index contributed by atoms with van der Waals surface area (Å²) in [6.45, 7) is 3.93. The molecule has 1 aromatic carbocycles. The van der Waals surface area contributed by atoms with E-state index in [2.05, 4.69) is 15.9 Å². The number of ether oxygens (including phenoxy) is 1. The zero-order valence-electron chi connectivity index (χ0n) is 11.5. The molecular weight excluding hydrogens is 344 g/mol. The Bertz CT molecular complexity index is 516. The molecular formula is C15H18BrClO3. The van der Waals surface area contributed by atoms with E-state index < -0.39 is 6.10 Å². The second kappa shape index (κ2) is 6.46. The molecule has 0 bridgehead atoms. The van der Waals surface area contributed by atoms with Gasteiger partial charge in [-0.15, -0.1) is 0 Å². The molecule has 1 aliphatic rings. The van der Waals surface area contributed by atoms with Crippen LogP contribution in [-0.4, -0.2) is 23.8 Å². The van der Waals surface area contributed by atoms with Gasteiger partial charge in [0.15, 0.2) is 0 Å². The van der Waals surface area contributed by atoms with Gasteiger partial charge in [0.05, 0.1) is 12.7 Å². The van der Waals surface area contributed by atoms with Crippen LogP contribution >= 0.6 is 27.5 Å². The molecule has 0 saturated heterocycles. The van der Waals surface area contributed by atoms with E-state index in [9.17, 15) is 9.90 Å². The number of esters is 1. The number of aliphatic hydroxyl groups is 1. The van der Waals surface area contributed by atoms with E-state index in [1.165, 1.54) is 0 Å². The van der Waals surface area contributed by atoms with Gasteiger partial charge in [-0.3, -0.25) is 4.79 Å². The number of carbonyl (C=O) groups excluding carboxylic acids is 1. The largest absolute Gasteiger partial charge is 0.466 e. The summed E-state index contributed by atoms with van der Waals surface area (Å²) in [4.78, 5) is 11.7. The van der Waals surface area contributed by atoms with Crippen LogP contribution in [0.3, 0.4) is 0 Å². The highest BCUT2D eigenvalue weighted by molar-refractivity contribution is 9.10. The van der Waals surface area contributed by atoms with E-state index >= 15 is 0 Å². The van der Waals surface area contributed by atoms with Crippen molar-refractivity contribution in [2.45, 2.75) is 38.7 Å². The van der Waals surface area contributed by atoms with Gasteiger partial charge in [0.2, 0.25) is 0 Å². The molecule has 110 valence electrons. The van der Waals surface area contributed by atoms with Crippen molar-refractivity contribution in [2.24, 2.45) is 5.92 Å². The SMILES string of the molecule is CCOC(=O)CC1Cc2c(Cl)ccc(Br)c2C1C(C)O. The topological polar surface area (TPSA) is 46.5 Å². The van der Waals surface area contributed by atoms with Crippen molar-refractivity contribution in [3.63, 3.8) is 0 Å². The summed E-state index contributed by atoms with van der Waals surface area (Å²) in [7, 11) is 0. The summed E-state index contributed by atoms with van der Waals surface area (Å²) in [5.41, 5.74) is 2.06. The molecule has 0 radical (unpaired) electrons. The fourth-order valence-corrected chi connectivity index (χ4v) is 3.95. The maximum absolute atomic E-state index is 11.7. The van der Waals surface area contributed by atoms with Crippen molar-refractivity contribution >= 4 is 33.5 Å². The van der Waals surface area contributed by atoms with Crippen molar-refractivity contribution in [2.75, 3.05) is 6.61 Å². The monoisotopic (exact) mass is 360 g/mol. The minimum absolute atomic E-state index is 0.0280. The summed E-state index contributed by atoms with van der Waals surface area (Å²) in [5, 5.41) is 10.8. The maximum atomic E-state index is 11.7. The number of benzene rings is 1. The van der Waals surface area contributed by atoms with Gasteiger partial charge in [-0.1, -0.05) is 27.5 Å². The molecule has 2 rings (SSSR count). The van der Waals surface area contributed by atoms with Gasteiger partial charge in [0, 0.05) is 21.8 Å². The Kier molecular flexibility index (Phi) is 5.10. The molecule has 1 aromatic rings. The number of hydrogen-bond donors (Lipinski definition) is 1. The number of fused-ring (bicyclic) bond motifs is 1. The molecule has 3 unspecified atom stereocenters. The predicted molar refractivity (Wildman–Crippen MR) is 82.0 cm³/mol. The number of aliphatic hydroxyl groups excluding tert-OH is 1. The lowest BCUT2D eigenvalue weighted by molar-refractivity contribution is -0.144. The van der Waals surface area contributed by atoms with Gasteiger partial charge in [-0.05, 0) is 49.4 Å². The van der Waals surface area contributed by atoms with Crippen LogP contribution in [0.15, 0.2) is 16.6 Å². The van der Waals surface area contributed by atoms with Crippen molar-refractivity contribution in [1.29, 1.82) is 0 Å². The first kappa shape index (κ1) is 15.8. The Morgan fingerprint density at radius 3 is 2.90 bits per heavy atom. The smallest absolute Gasteiger partial charge is 0.306 e. The van der Waals surface area contributed by atoms with Crippen LogP contribution in [0, 0.1) is 5.92 Å². The first-order valence-electron chi connectivity index (χ1n) is 6.76. The summed E-state index contributed by atoms with van der Waals surface area (Å²) in [5.74, 6) is -0.286. The second-order valence-corrected chi connectivity index (χ2v) is 6.42. The van der Waals surface area contributed by atoms with Gasteiger partial charge in [-0.25, -0.2) is 0 Å². The molecule has 5 heteroatoms. The predicted octanol–water partition coefficient (Wildman–Crippen LogP) is 3.69. The third kappa shape index (κ3) is 3.02. The van der Waals surface area contributed by atoms with Gasteiger partial charge in [-0.2, -0.15) is 0 Å². The molecule has 1 aliphatic carbocycles. The number of hydrogen-bond acceptors (Lipinski definition) is 3. The molecule has 0 amide bonds. The Hall–Kier alpha value is -0.580. The first-order valence-corrected chi connectivity index (χ1v) is 7.93. The van der Waals surface area contributed by atoms with Crippen LogP contribution in [0.1, 0.15) is 37.3 Å². The highest BCUT2D eigenvalue weighted by Crippen LogP contribution is 2.47. The molecule has 3 nitrogen and oxygen atoms in total. The number of rotatable bonds is 4. The lowest BCUT2D eigenvalue weighted by Crippen LogP contribution is -2.23. The zero-order chi connectivity index (χ0) is 14.9. The molecule has 0 aromatic heterocycles. The minimum Gasteiger partial charge on any atom is -0.466 e. The summed E-state index contributed by atoms with van der Waals surface area (Å²) < 4.78 is 5.96. The van der Waals surface area contributed by atoms with E-state index in [0.717, 1.165) is 15.6 Å². The average Bonchev–Trinajstić information content (AvgIpc) is 2.74. The van der Waals surface area contributed by atoms with Crippen molar-refractivity contribution < 1.29 is 14.6 Å². The molecule has 0 aliphatic heterocycles. The van der Waals surface area contributed by atoms with Crippen LogP contribution in [0.25, 0.3) is 0 Å². The van der Waals surface area contributed by atoms with Crippen LogP contribution in [0.4, 0.5) is 0 Å². The normalized spacial score (nSPS) is 22.4. The molecule has 1 N–H and O–H groups in total. The second-order valence-electron chi connectivity index (χ2n) is 5.16. The molecule has 20 heavy (non-hydrogen) atoms. The third-order valence-corrected chi connectivity index (χ3v) is 4.85. The number of carbonyl (C=O) groups is 1.